The second-order valence-electron chi connectivity index (χ2n) is 7.33. The van der Waals surface area contributed by atoms with Crippen molar-refractivity contribution in [3.63, 3.8) is 0 Å². The maximum Gasteiger partial charge on any atom is 0.363 e. The summed E-state index contributed by atoms with van der Waals surface area (Å²) in [6, 6.07) is 21.2. The maximum absolute atomic E-state index is 12.3. The van der Waals surface area contributed by atoms with Crippen molar-refractivity contribution in [2.75, 3.05) is 7.11 Å². The Morgan fingerprint density at radius 3 is 2.58 bits per heavy atom. The third-order valence-corrected chi connectivity index (χ3v) is 5.02. The molecule has 0 atom stereocenters. The fraction of sp³-hybridized carbons (Fsp3) is 0.154. The SMILES string of the molecule is COc1ccc(/C=C2/N=C(c3cccc(C)c3)OC2=O)cc1OCc1ccccc1C. The fourth-order valence-electron chi connectivity index (χ4n) is 3.29. The van der Waals surface area contributed by atoms with E-state index < -0.39 is 5.97 Å². The van der Waals surface area contributed by atoms with Gasteiger partial charge >= 0.3 is 5.97 Å². The van der Waals surface area contributed by atoms with Crippen LogP contribution in [0.2, 0.25) is 0 Å². The monoisotopic (exact) mass is 413 g/mol. The van der Waals surface area contributed by atoms with E-state index in [1.54, 1.807) is 13.2 Å². The van der Waals surface area contributed by atoms with Crippen LogP contribution in [0.4, 0.5) is 0 Å². The molecule has 0 fully saturated rings. The zero-order valence-electron chi connectivity index (χ0n) is 17.7. The van der Waals surface area contributed by atoms with Gasteiger partial charge in [0.05, 0.1) is 7.11 Å². The first-order valence-corrected chi connectivity index (χ1v) is 9.98. The van der Waals surface area contributed by atoms with E-state index in [1.165, 1.54) is 0 Å². The highest BCUT2D eigenvalue weighted by Crippen LogP contribution is 2.31. The number of carbonyl (C=O) groups is 1. The highest BCUT2D eigenvalue weighted by molar-refractivity contribution is 6.12. The van der Waals surface area contributed by atoms with E-state index in [4.69, 9.17) is 14.2 Å². The van der Waals surface area contributed by atoms with Gasteiger partial charge < -0.3 is 14.2 Å². The van der Waals surface area contributed by atoms with E-state index in [9.17, 15) is 4.79 Å². The van der Waals surface area contributed by atoms with Gasteiger partial charge in [-0.2, -0.15) is 0 Å². The Balaban J connectivity index is 1.59. The number of rotatable bonds is 6. The summed E-state index contributed by atoms with van der Waals surface area (Å²) < 4.78 is 16.8. The van der Waals surface area contributed by atoms with Crippen molar-refractivity contribution in [2.24, 2.45) is 4.99 Å². The molecule has 4 rings (SSSR count). The van der Waals surface area contributed by atoms with Gasteiger partial charge in [0.1, 0.15) is 6.61 Å². The van der Waals surface area contributed by atoms with E-state index in [1.807, 2.05) is 80.6 Å². The molecule has 0 radical (unpaired) electrons. The fourth-order valence-corrected chi connectivity index (χ4v) is 3.29. The topological polar surface area (TPSA) is 57.1 Å². The summed E-state index contributed by atoms with van der Waals surface area (Å²) >= 11 is 0. The predicted molar refractivity (Wildman–Crippen MR) is 120 cm³/mol. The quantitative estimate of drug-likeness (QED) is 0.410. The molecule has 5 nitrogen and oxygen atoms in total. The molecule has 0 bridgehead atoms. The molecule has 3 aromatic rings. The minimum Gasteiger partial charge on any atom is -0.493 e. The largest absolute Gasteiger partial charge is 0.493 e. The number of hydrogen-bond donors (Lipinski definition) is 0. The van der Waals surface area contributed by atoms with Crippen molar-refractivity contribution >= 4 is 17.9 Å². The van der Waals surface area contributed by atoms with Crippen molar-refractivity contribution in [2.45, 2.75) is 20.5 Å². The van der Waals surface area contributed by atoms with E-state index in [0.29, 0.717) is 24.0 Å². The summed E-state index contributed by atoms with van der Waals surface area (Å²) in [5.41, 5.74) is 5.10. The average Bonchev–Trinajstić information content (AvgIpc) is 3.13. The van der Waals surface area contributed by atoms with Crippen LogP contribution in [0.1, 0.15) is 27.8 Å². The highest BCUT2D eigenvalue weighted by atomic mass is 16.6. The number of hydrogen-bond acceptors (Lipinski definition) is 5. The number of benzene rings is 3. The van der Waals surface area contributed by atoms with Gasteiger partial charge in [-0.15, -0.1) is 0 Å². The van der Waals surface area contributed by atoms with Crippen molar-refractivity contribution in [1.82, 2.24) is 0 Å². The first kappa shape index (κ1) is 20.4. The van der Waals surface area contributed by atoms with Crippen molar-refractivity contribution in [3.8, 4) is 11.5 Å². The smallest absolute Gasteiger partial charge is 0.363 e. The molecule has 1 aliphatic rings. The summed E-state index contributed by atoms with van der Waals surface area (Å²) in [7, 11) is 1.60. The normalized spacial score (nSPS) is 14.4. The van der Waals surface area contributed by atoms with Gasteiger partial charge in [-0.3, -0.25) is 0 Å². The van der Waals surface area contributed by atoms with E-state index in [-0.39, 0.29) is 5.70 Å². The molecule has 3 aromatic carbocycles. The molecule has 0 saturated carbocycles. The first-order chi connectivity index (χ1) is 15.0. The summed E-state index contributed by atoms with van der Waals surface area (Å²) in [5.74, 6) is 1.04. The van der Waals surface area contributed by atoms with Gasteiger partial charge in [0, 0.05) is 5.56 Å². The minimum atomic E-state index is -0.477. The summed E-state index contributed by atoms with van der Waals surface area (Å²) in [6.45, 7) is 4.44. The molecule has 0 aliphatic carbocycles. The second kappa shape index (κ2) is 8.88. The van der Waals surface area contributed by atoms with Crippen LogP contribution >= 0.6 is 0 Å². The number of aryl methyl sites for hydroxylation is 2. The Labute approximate surface area is 181 Å². The molecule has 31 heavy (non-hydrogen) atoms. The molecule has 0 unspecified atom stereocenters. The highest BCUT2D eigenvalue weighted by Gasteiger charge is 2.24. The first-order valence-electron chi connectivity index (χ1n) is 9.98. The Morgan fingerprint density at radius 1 is 0.968 bits per heavy atom. The van der Waals surface area contributed by atoms with E-state index in [2.05, 4.69) is 4.99 Å². The summed E-state index contributed by atoms with van der Waals surface area (Å²) in [6.07, 6.45) is 1.69. The Bertz CT molecular complexity index is 1190. The van der Waals surface area contributed by atoms with Gasteiger partial charge in [-0.25, -0.2) is 9.79 Å². The standard InChI is InChI=1S/C26H23NO4/c1-17-7-6-10-20(13-17)25-27-22(26(28)31-25)14-19-11-12-23(29-3)24(15-19)30-16-21-9-5-4-8-18(21)2/h4-15H,16H2,1-3H3/b22-14+. The van der Waals surface area contributed by atoms with Crippen LogP contribution in [0.5, 0.6) is 11.5 Å². The predicted octanol–water partition coefficient (Wildman–Crippen LogP) is 5.24. The van der Waals surface area contributed by atoms with Crippen LogP contribution in [0.15, 0.2) is 77.4 Å². The second-order valence-corrected chi connectivity index (χ2v) is 7.33. The number of esters is 1. The maximum atomic E-state index is 12.3. The number of cyclic esters (lactones) is 1. The van der Waals surface area contributed by atoms with E-state index in [0.717, 1.165) is 27.8 Å². The van der Waals surface area contributed by atoms with Crippen molar-refractivity contribution < 1.29 is 19.0 Å². The third kappa shape index (κ3) is 4.67. The van der Waals surface area contributed by atoms with Gasteiger partial charge in [0.2, 0.25) is 5.90 Å². The van der Waals surface area contributed by atoms with Gasteiger partial charge in [-0.1, -0.05) is 48.0 Å². The van der Waals surface area contributed by atoms with Gasteiger partial charge in [-0.05, 0) is 60.9 Å². The van der Waals surface area contributed by atoms with Crippen LogP contribution in [0.25, 0.3) is 6.08 Å². The molecule has 0 aromatic heterocycles. The van der Waals surface area contributed by atoms with Crippen LogP contribution in [-0.2, 0) is 16.1 Å². The Hall–Kier alpha value is -3.86. The summed E-state index contributed by atoms with van der Waals surface area (Å²) in [5, 5.41) is 0. The molecular weight excluding hydrogens is 390 g/mol. The molecule has 0 amide bonds. The zero-order chi connectivity index (χ0) is 21.8. The number of carbonyl (C=O) groups excluding carboxylic acids is 1. The molecule has 0 spiro atoms. The summed E-state index contributed by atoms with van der Waals surface area (Å²) in [4.78, 5) is 16.7. The van der Waals surface area contributed by atoms with Crippen LogP contribution in [-0.4, -0.2) is 19.0 Å². The lowest BCUT2D eigenvalue weighted by molar-refractivity contribution is -0.129. The zero-order valence-corrected chi connectivity index (χ0v) is 17.7. The molecular formula is C26H23NO4. The van der Waals surface area contributed by atoms with Crippen LogP contribution < -0.4 is 9.47 Å². The van der Waals surface area contributed by atoms with Crippen LogP contribution in [0.3, 0.4) is 0 Å². The van der Waals surface area contributed by atoms with Crippen molar-refractivity contribution in [1.29, 1.82) is 0 Å². The lowest BCUT2D eigenvalue weighted by atomic mass is 10.1. The molecule has 156 valence electrons. The van der Waals surface area contributed by atoms with Gasteiger partial charge in [0.25, 0.3) is 0 Å². The molecule has 0 N–H and O–H groups in total. The number of nitrogens with zero attached hydrogens (tertiary/aromatic N) is 1. The lowest BCUT2D eigenvalue weighted by Crippen LogP contribution is -2.05. The molecule has 1 heterocycles. The average molecular weight is 413 g/mol. The Morgan fingerprint density at radius 2 is 1.81 bits per heavy atom. The molecule has 5 heteroatoms. The number of ether oxygens (including phenoxy) is 3. The minimum absolute atomic E-state index is 0.242. The van der Waals surface area contributed by atoms with Crippen LogP contribution in [0, 0.1) is 13.8 Å². The van der Waals surface area contributed by atoms with Crippen molar-refractivity contribution in [3.05, 3.63) is 100 Å². The Kier molecular flexibility index (Phi) is 5.85. The number of aliphatic imine (C=N–C) groups is 1. The number of methoxy groups -OCH3 is 1. The molecule has 1 aliphatic heterocycles. The van der Waals surface area contributed by atoms with Gasteiger partial charge in [0.15, 0.2) is 17.2 Å². The lowest BCUT2D eigenvalue weighted by Gasteiger charge is -2.12. The third-order valence-electron chi connectivity index (χ3n) is 5.02. The molecule has 0 saturated heterocycles. The van der Waals surface area contributed by atoms with E-state index >= 15 is 0 Å².